The number of hydrogen-bond donors (Lipinski definition) is 0. The second kappa shape index (κ2) is 4.03. The van der Waals surface area contributed by atoms with Crippen molar-refractivity contribution in [3.8, 4) is 11.8 Å². The Balaban J connectivity index is 2.23. The topological polar surface area (TPSA) is 25.8 Å². The van der Waals surface area contributed by atoms with E-state index in [2.05, 4.69) is 21.8 Å². The number of pyridine rings is 1. The van der Waals surface area contributed by atoms with Gasteiger partial charge < -0.3 is 0 Å². The summed E-state index contributed by atoms with van der Waals surface area (Å²) in [7, 11) is 0. The maximum Gasteiger partial charge on any atom is 0.124 e. The van der Waals surface area contributed by atoms with Crippen LogP contribution in [-0.2, 0) is 0 Å². The molecule has 0 amide bonds. The van der Waals surface area contributed by atoms with Crippen molar-refractivity contribution in [2.75, 3.05) is 0 Å². The molecule has 0 aromatic carbocycles. The van der Waals surface area contributed by atoms with Crippen LogP contribution in [0.5, 0.6) is 0 Å². The lowest BCUT2D eigenvalue weighted by Crippen LogP contribution is -1.76. The van der Waals surface area contributed by atoms with Gasteiger partial charge in [-0.15, -0.1) is 11.3 Å². The van der Waals surface area contributed by atoms with E-state index >= 15 is 0 Å². The Kier molecular flexibility index (Phi) is 2.57. The number of hydrogen-bond acceptors (Lipinski definition) is 3. The van der Waals surface area contributed by atoms with E-state index in [9.17, 15) is 0 Å². The first-order chi connectivity index (χ1) is 6.84. The SMILES string of the molecule is Cc1nc(C#Cc2ccncc2)cs1. The van der Waals surface area contributed by atoms with E-state index in [0.29, 0.717) is 0 Å². The van der Waals surface area contributed by atoms with Crippen molar-refractivity contribution in [3.63, 3.8) is 0 Å². The van der Waals surface area contributed by atoms with E-state index in [1.807, 2.05) is 24.4 Å². The molecular weight excluding hydrogens is 192 g/mol. The molecule has 0 N–H and O–H groups in total. The van der Waals surface area contributed by atoms with Gasteiger partial charge in [0.1, 0.15) is 5.69 Å². The molecule has 0 aliphatic heterocycles. The second-order valence-corrected chi connectivity index (χ2v) is 3.80. The highest BCUT2D eigenvalue weighted by Gasteiger charge is 1.91. The largest absolute Gasteiger partial charge is 0.265 e. The standard InChI is InChI=1S/C11H8N2S/c1-9-13-11(8-14-9)3-2-10-4-6-12-7-5-10/h4-8H,1H3. The van der Waals surface area contributed by atoms with Crippen LogP contribution >= 0.6 is 11.3 Å². The molecule has 2 aromatic rings. The average Bonchev–Trinajstić information content (AvgIpc) is 2.63. The summed E-state index contributed by atoms with van der Waals surface area (Å²) in [5.41, 5.74) is 1.80. The molecular formula is C11H8N2S. The van der Waals surface area contributed by atoms with Crippen molar-refractivity contribution >= 4 is 11.3 Å². The lowest BCUT2D eigenvalue weighted by atomic mass is 10.3. The Morgan fingerprint density at radius 3 is 2.64 bits per heavy atom. The monoisotopic (exact) mass is 200 g/mol. The van der Waals surface area contributed by atoms with Crippen LogP contribution in [0.15, 0.2) is 29.9 Å². The summed E-state index contributed by atoms with van der Waals surface area (Å²) in [6.45, 7) is 1.97. The van der Waals surface area contributed by atoms with Gasteiger partial charge in [0, 0.05) is 23.3 Å². The summed E-state index contributed by atoms with van der Waals surface area (Å²) >= 11 is 1.61. The Labute approximate surface area is 86.7 Å². The van der Waals surface area contributed by atoms with E-state index in [1.165, 1.54) is 0 Å². The Bertz CT molecular complexity index is 477. The van der Waals surface area contributed by atoms with Crippen LogP contribution in [0, 0.1) is 18.8 Å². The Morgan fingerprint density at radius 2 is 2.00 bits per heavy atom. The van der Waals surface area contributed by atoms with Crippen LogP contribution in [0.25, 0.3) is 0 Å². The zero-order valence-corrected chi connectivity index (χ0v) is 8.51. The number of thiazole rings is 1. The van der Waals surface area contributed by atoms with Gasteiger partial charge in [-0.05, 0) is 25.0 Å². The van der Waals surface area contributed by atoms with Gasteiger partial charge >= 0.3 is 0 Å². The number of rotatable bonds is 0. The Morgan fingerprint density at radius 1 is 1.21 bits per heavy atom. The third-order valence-corrected chi connectivity index (χ3v) is 2.41. The molecule has 0 saturated heterocycles. The molecule has 0 aliphatic rings. The van der Waals surface area contributed by atoms with Gasteiger partial charge in [0.25, 0.3) is 0 Å². The fraction of sp³-hybridized carbons (Fsp3) is 0.0909. The normalized spacial score (nSPS) is 9.21. The second-order valence-electron chi connectivity index (χ2n) is 2.74. The number of aryl methyl sites for hydroxylation is 1. The molecule has 0 radical (unpaired) electrons. The third kappa shape index (κ3) is 2.18. The van der Waals surface area contributed by atoms with Crippen molar-refractivity contribution in [1.29, 1.82) is 0 Å². The van der Waals surface area contributed by atoms with Crippen molar-refractivity contribution < 1.29 is 0 Å². The van der Waals surface area contributed by atoms with E-state index in [-0.39, 0.29) is 0 Å². The minimum absolute atomic E-state index is 0.837. The molecule has 0 fully saturated rings. The highest BCUT2D eigenvalue weighted by atomic mass is 32.1. The van der Waals surface area contributed by atoms with Crippen LogP contribution in [0.2, 0.25) is 0 Å². The molecule has 0 spiro atoms. The molecule has 68 valence electrons. The fourth-order valence-corrected chi connectivity index (χ4v) is 1.54. The molecule has 0 aliphatic carbocycles. The smallest absolute Gasteiger partial charge is 0.124 e. The van der Waals surface area contributed by atoms with E-state index in [4.69, 9.17) is 0 Å². The highest BCUT2D eigenvalue weighted by Crippen LogP contribution is 2.06. The molecule has 2 aromatic heterocycles. The summed E-state index contributed by atoms with van der Waals surface area (Å²) < 4.78 is 0. The van der Waals surface area contributed by atoms with Gasteiger partial charge in [-0.3, -0.25) is 4.98 Å². The molecule has 2 rings (SSSR count). The number of nitrogens with zero attached hydrogens (tertiary/aromatic N) is 2. The first kappa shape index (κ1) is 8.92. The van der Waals surface area contributed by atoms with Gasteiger partial charge in [-0.2, -0.15) is 0 Å². The predicted molar refractivity (Wildman–Crippen MR) is 57.1 cm³/mol. The summed E-state index contributed by atoms with van der Waals surface area (Å²) in [5.74, 6) is 6.03. The molecule has 0 unspecified atom stereocenters. The van der Waals surface area contributed by atoms with Crippen molar-refractivity contribution in [3.05, 3.63) is 46.2 Å². The quantitative estimate of drug-likeness (QED) is 0.609. The summed E-state index contributed by atoms with van der Waals surface area (Å²) in [6, 6.07) is 3.76. The van der Waals surface area contributed by atoms with E-state index < -0.39 is 0 Å². The molecule has 0 bridgehead atoms. The molecule has 0 atom stereocenters. The molecule has 0 saturated carbocycles. The third-order valence-electron chi connectivity index (χ3n) is 1.63. The first-order valence-corrected chi connectivity index (χ1v) is 5.07. The summed E-state index contributed by atoms with van der Waals surface area (Å²) in [5, 5.41) is 3.01. The van der Waals surface area contributed by atoms with E-state index in [0.717, 1.165) is 16.3 Å². The maximum absolute atomic E-state index is 4.26. The van der Waals surface area contributed by atoms with Gasteiger partial charge in [0.2, 0.25) is 0 Å². The van der Waals surface area contributed by atoms with Crippen molar-refractivity contribution in [1.82, 2.24) is 9.97 Å². The lowest BCUT2D eigenvalue weighted by molar-refractivity contribution is 1.27. The first-order valence-electron chi connectivity index (χ1n) is 4.19. The zero-order valence-electron chi connectivity index (χ0n) is 7.69. The van der Waals surface area contributed by atoms with Gasteiger partial charge in [0.05, 0.1) is 5.01 Å². The van der Waals surface area contributed by atoms with E-state index in [1.54, 1.807) is 23.7 Å². The van der Waals surface area contributed by atoms with Crippen LogP contribution in [0.1, 0.15) is 16.3 Å². The Hall–Kier alpha value is -1.66. The van der Waals surface area contributed by atoms with Gasteiger partial charge in [-0.1, -0.05) is 5.92 Å². The maximum atomic E-state index is 4.26. The molecule has 2 heterocycles. The van der Waals surface area contributed by atoms with Crippen LogP contribution in [0.3, 0.4) is 0 Å². The summed E-state index contributed by atoms with van der Waals surface area (Å²) in [4.78, 5) is 8.18. The summed E-state index contributed by atoms with van der Waals surface area (Å²) in [6.07, 6.45) is 3.46. The van der Waals surface area contributed by atoms with Gasteiger partial charge in [-0.25, -0.2) is 4.98 Å². The zero-order chi connectivity index (χ0) is 9.80. The predicted octanol–water partition coefficient (Wildman–Crippen LogP) is 2.25. The minimum atomic E-state index is 0.837. The molecule has 3 heteroatoms. The van der Waals surface area contributed by atoms with Crippen LogP contribution in [-0.4, -0.2) is 9.97 Å². The minimum Gasteiger partial charge on any atom is -0.265 e. The van der Waals surface area contributed by atoms with Gasteiger partial charge in [0.15, 0.2) is 0 Å². The average molecular weight is 200 g/mol. The van der Waals surface area contributed by atoms with Crippen LogP contribution < -0.4 is 0 Å². The fourth-order valence-electron chi connectivity index (χ4n) is 0.992. The molecule has 14 heavy (non-hydrogen) atoms. The highest BCUT2D eigenvalue weighted by molar-refractivity contribution is 7.09. The van der Waals surface area contributed by atoms with Crippen LogP contribution in [0.4, 0.5) is 0 Å². The number of aromatic nitrogens is 2. The van der Waals surface area contributed by atoms with Crippen molar-refractivity contribution in [2.24, 2.45) is 0 Å². The molecule has 2 nitrogen and oxygen atoms in total. The lowest BCUT2D eigenvalue weighted by Gasteiger charge is -1.84. The van der Waals surface area contributed by atoms with Crippen molar-refractivity contribution in [2.45, 2.75) is 6.92 Å².